The van der Waals surface area contributed by atoms with Crippen molar-refractivity contribution in [1.82, 2.24) is 5.01 Å². The van der Waals surface area contributed by atoms with Gasteiger partial charge < -0.3 is 10.5 Å². The summed E-state index contributed by atoms with van der Waals surface area (Å²) in [7, 11) is 3.56. The van der Waals surface area contributed by atoms with Crippen molar-refractivity contribution in [3.63, 3.8) is 0 Å². The van der Waals surface area contributed by atoms with E-state index < -0.39 is 5.97 Å². The molecule has 0 aromatic heterocycles. The van der Waals surface area contributed by atoms with E-state index >= 15 is 0 Å². The van der Waals surface area contributed by atoms with Crippen LogP contribution in [0.5, 0.6) is 0 Å². The second-order valence-corrected chi connectivity index (χ2v) is 3.44. The number of hydrogen-bond acceptors (Lipinski definition) is 3. The van der Waals surface area contributed by atoms with E-state index in [0.29, 0.717) is 10.7 Å². The van der Waals surface area contributed by atoms with Gasteiger partial charge in [-0.15, -0.1) is 0 Å². The Morgan fingerprint density at radius 2 is 2.14 bits per heavy atom. The zero-order chi connectivity index (χ0) is 10.7. The van der Waals surface area contributed by atoms with Gasteiger partial charge >= 0.3 is 5.97 Å². The lowest BCUT2D eigenvalue weighted by atomic mass is 10.2. The van der Waals surface area contributed by atoms with Crippen molar-refractivity contribution in [1.29, 1.82) is 0 Å². The number of anilines is 1. The molecule has 2 N–H and O–H groups in total. The van der Waals surface area contributed by atoms with Gasteiger partial charge in [0.05, 0.1) is 11.3 Å². The minimum atomic E-state index is -1.00. The lowest BCUT2D eigenvalue weighted by Crippen LogP contribution is -2.21. The fraction of sp³-hybridized carbons (Fsp3) is 0.222. The maximum atomic E-state index is 10.8. The van der Waals surface area contributed by atoms with E-state index in [4.69, 9.17) is 16.7 Å². The van der Waals surface area contributed by atoms with E-state index in [1.54, 1.807) is 31.2 Å². The van der Waals surface area contributed by atoms with Crippen molar-refractivity contribution in [2.45, 2.75) is 0 Å². The molecule has 0 amide bonds. The van der Waals surface area contributed by atoms with E-state index in [2.05, 4.69) is 5.43 Å². The number of hydrogen-bond donors (Lipinski definition) is 2. The molecule has 1 aromatic rings. The average Bonchev–Trinajstić information content (AvgIpc) is 2.07. The van der Waals surface area contributed by atoms with Crippen molar-refractivity contribution in [2.24, 2.45) is 0 Å². The smallest absolute Gasteiger partial charge is 0.337 e. The summed E-state index contributed by atoms with van der Waals surface area (Å²) in [5.74, 6) is -1.00. The van der Waals surface area contributed by atoms with Crippen LogP contribution in [0.15, 0.2) is 18.2 Å². The number of halogens is 1. The Bertz CT molecular complexity index is 353. The van der Waals surface area contributed by atoms with Crippen LogP contribution in [0.4, 0.5) is 5.69 Å². The van der Waals surface area contributed by atoms with Crippen molar-refractivity contribution in [2.75, 3.05) is 19.5 Å². The van der Waals surface area contributed by atoms with Gasteiger partial charge in [0.25, 0.3) is 0 Å². The lowest BCUT2D eigenvalue weighted by Gasteiger charge is -2.15. The molecular weight excluding hydrogens is 204 g/mol. The second kappa shape index (κ2) is 4.30. The molecule has 0 radical (unpaired) electrons. The Kier molecular flexibility index (Phi) is 3.33. The minimum Gasteiger partial charge on any atom is -0.478 e. The lowest BCUT2D eigenvalue weighted by molar-refractivity contribution is 0.0697. The fourth-order valence-corrected chi connectivity index (χ4v) is 1.20. The van der Waals surface area contributed by atoms with E-state index in [9.17, 15) is 4.79 Å². The standard InChI is InChI=1S/C9H11ClN2O2/c1-12(2)11-8-4-3-6(10)5-7(8)9(13)14/h3-5,11H,1-2H3,(H,13,14). The Morgan fingerprint density at radius 1 is 1.50 bits per heavy atom. The van der Waals surface area contributed by atoms with Crippen molar-refractivity contribution in [3.05, 3.63) is 28.8 Å². The molecule has 0 bridgehead atoms. The zero-order valence-corrected chi connectivity index (χ0v) is 8.67. The third kappa shape index (κ3) is 2.61. The molecule has 14 heavy (non-hydrogen) atoms. The third-order valence-corrected chi connectivity index (χ3v) is 1.79. The molecule has 0 aliphatic carbocycles. The highest BCUT2D eigenvalue weighted by molar-refractivity contribution is 6.31. The Hall–Kier alpha value is -1.26. The van der Waals surface area contributed by atoms with Crippen LogP contribution in [0.1, 0.15) is 10.4 Å². The van der Waals surface area contributed by atoms with E-state index in [1.807, 2.05) is 0 Å². The molecule has 0 heterocycles. The normalized spacial score (nSPS) is 10.3. The van der Waals surface area contributed by atoms with Gasteiger partial charge in [0.1, 0.15) is 0 Å². The van der Waals surface area contributed by atoms with E-state index in [1.165, 1.54) is 6.07 Å². The Labute approximate surface area is 87.1 Å². The summed E-state index contributed by atoms with van der Waals surface area (Å²) in [6.45, 7) is 0. The summed E-state index contributed by atoms with van der Waals surface area (Å²) in [5.41, 5.74) is 3.55. The third-order valence-electron chi connectivity index (χ3n) is 1.56. The second-order valence-electron chi connectivity index (χ2n) is 3.00. The van der Waals surface area contributed by atoms with E-state index in [-0.39, 0.29) is 5.56 Å². The first-order valence-corrected chi connectivity index (χ1v) is 4.35. The maximum Gasteiger partial charge on any atom is 0.337 e. The summed E-state index contributed by atoms with van der Waals surface area (Å²) in [5, 5.41) is 11.0. The van der Waals surface area contributed by atoms with Crippen LogP contribution in [0, 0.1) is 0 Å². The predicted octanol–water partition coefficient (Wildman–Crippen LogP) is 1.93. The SMILES string of the molecule is CN(C)Nc1ccc(Cl)cc1C(=O)O. The largest absolute Gasteiger partial charge is 0.478 e. The summed E-state index contributed by atoms with van der Waals surface area (Å²) >= 11 is 5.69. The number of hydrazine groups is 1. The molecule has 0 spiro atoms. The highest BCUT2D eigenvalue weighted by atomic mass is 35.5. The molecule has 5 heteroatoms. The van der Waals surface area contributed by atoms with E-state index in [0.717, 1.165) is 0 Å². The number of carbonyl (C=O) groups is 1. The Morgan fingerprint density at radius 3 is 2.64 bits per heavy atom. The van der Waals surface area contributed by atoms with Crippen LogP contribution < -0.4 is 5.43 Å². The van der Waals surface area contributed by atoms with Gasteiger partial charge in [-0.3, -0.25) is 0 Å². The molecule has 0 fully saturated rings. The highest BCUT2D eigenvalue weighted by Crippen LogP contribution is 2.20. The Balaban J connectivity index is 3.08. The highest BCUT2D eigenvalue weighted by Gasteiger charge is 2.10. The number of nitrogens with one attached hydrogen (secondary N) is 1. The first-order chi connectivity index (χ1) is 6.50. The van der Waals surface area contributed by atoms with Crippen LogP contribution >= 0.6 is 11.6 Å². The van der Waals surface area contributed by atoms with Crippen molar-refractivity contribution < 1.29 is 9.90 Å². The van der Waals surface area contributed by atoms with Crippen molar-refractivity contribution in [3.8, 4) is 0 Å². The number of nitrogens with zero attached hydrogens (tertiary/aromatic N) is 1. The number of carboxylic acids is 1. The molecule has 1 aromatic carbocycles. The fourth-order valence-electron chi connectivity index (χ4n) is 1.03. The zero-order valence-electron chi connectivity index (χ0n) is 7.91. The molecule has 0 aliphatic rings. The summed E-state index contributed by atoms with van der Waals surface area (Å²) in [4.78, 5) is 10.8. The van der Waals surface area contributed by atoms with Gasteiger partial charge in [0, 0.05) is 19.1 Å². The summed E-state index contributed by atoms with van der Waals surface area (Å²) < 4.78 is 0. The number of aromatic carboxylic acids is 1. The van der Waals surface area contributed by atoms with Crippen LogP contribution in [-0.4, -0.2) is 30.2 Å². The van der Waals surface area contributed by atoms with Gasteiger partial charge in [-0.1, -0.05) is 11.6 Å². The van der Waals surface area contributed by atoms with Gasteiger partial charge in [-0.25, -0.2) is 9.80 Å². The monoisotopic (exact) mass is 214 g/mol. The summed E-state index contributed by atoms with van der Waals surface area (Å²) in [6.07, 6.45) is 0. The molecule has 0 saturated carbocycles. The molecule has 0 atom stereocenters. The average molecular weight is 215 g/mol. The van der Waals surface area contributed by atoms with Crippen molar-refractivity contribution >= 4 is 23.3 Å². The first-order valence-electron chi connectivity index (χ1n) is 3.97. The molecular formula is C9H11ClN2O2. The summed E-state index contributed by atoms with van der Waals surface area (Å²) in [6, 6.07) is 4.68. The molecule has 0 aliphatic heterocycles. The molecule has 0 unspecified atom stereocenters. The van der Waals surface area contributed by atoms with Crippen LogP contribution in [-0.2, 0) is 0 Å². The minimum absolute atomic E-state index is 0.159. The number of carboxylic acid groups (broad SMARTS) is 1. The quantitative estimate of drug-likeness (QED) is 0.755. The molecule has 0 saturated heterocycles. The number of rotatable bonds is 3. The first kappa shape index (κ1) is 10.8. The molecule has 4 nitrogen and oxygen atoms in total. The predicted molar refractivity (Wildman–Crippen MR) is 55.7 cm³/mol. The van der Waals surface area contributed by atoms with Crippen LogP contribution in [0.2, 0.25) is 5.02 Å². The van der Waals surface area contributed by atoms with Gasteiger partial charge in [0.15, 0.2) is 0 Å². The maximum absolute atomic E-state index is 10.8. The van der Waals surface area contributed by atoms with Gasteiger partial charge in [-0.05, 0) is 18.2 Å². The number of benzene rings is 1. The molecule has 76 valence electrons. The van der Waals surface area contributed by atoms with Gasteiger partial charge in [0.2, 0.25) is 0 Å². The van der Waals surface area contributed by atoms with Crippen LogP contribution in [0.3, 0.4) is 0 Å². The topological polar surface area (TPSA) is 52.6 Å². The van der Waals surface area contributed by atoms with Gasteiger partial charge in [-0.2, -0.15) is 0 Å². The van der Waals surface area contributed by atoms with Crippen LogP contribution in [0.25, 0.3) is 0 Å². The molecule has 1 rings (SSSR count).